The zero-order valence-electron chi connectivity index (χ0n) is 19.4. The number of Topliss-reactive ketones (excluding diaryl/α,β-unsaturated/α-hetero) is 1. The van der Waals surface area contributed by atoms with Gasteiger partial charge in [0.1, 0.15) is 16.3 Å². The predicted octanol–water partition coefficient (Wildman–Crippen LogP) is 4.12. The molecule has 3 aromatic heterocycles. The van der Waals surface area contributed by atoms with Gasteiger partial charge in [-0.1, -0.05) is 11.6 Å². The van der Waals surface area contributed by atoms with Crippen LogP contribution >= 0.6 is 11.6 Å². The summed E-state index contributed by atoms with van der Waals surface area (Å²) in [5.41, 5.74) is 2.02. The van der Waals surface area contributed by atoms with Crippen LogP contribution in [0.4, 0.5) is 22.1 Å². The van der Waals surface area contributed by atoms with Gasteiger partial charge in [-0.2, -0.15) is 0 Å². The number of amides is 1. The van der Waals surface area contributed by atoms with Crippen molar-refractivity contribution >= 4 is 51.8 Å². The van der Waals surface area contributed by atoms with Crippen molar-refractivity contribution in [1.82, 2.24) is 25.3 Å². The Hall–Kier alpha value is -3.53. The van der Waals surface area contributed by atoms with Gasteiger partial charge in [0.2, 0.25) is 5.95 Å². The SMILES string of the molecule is CC(=O)c1cnc2ccc(Cl)nc2c1Nc1cnc(N2CCC(NC(=O)OC(C)(C)C)C2)nc1. The average molecular weight is 484 g/mol. The number of aromatic nitrogens is 4. The van der Waals surface area contributed by atoms with Crippen molar-refractivity contribution < 1.29 is 14.3 Å². The van der Waals surface area contributed by atoms with Crippen LogP contribution in [-0.2, 0) is 4.74 Å². The van der Waals surface area contributed by atoms with Crippen LogP contribution in [0.1, 0.15) is 44.5 Å². The van der Waals surface area contributed by atoms with E-state index in [-0.39, 0.29) is 11.8 Å². The van der Waals surface area contributed by atoms with E-state index in [4.69, 9.17) is 16.3 Å². The van der Waals surface area contributed by atoms with E-state index in [0.717, 1.165) is 6.42 Å². The van der Waals surface area contributed by atoms with Crippen LogP contribution < -0.4 is 15.5 Å². The molecular weight excluding hydrogens is 458 g/mol. The van der Waals surface area contributed by atoms with Gasteiger partial charge < -0.3 is 20.3 Å². The topological polar surface area (TPSA) is 122 Å². The molecule has 11 heteroatoms. The highest BCUT2D eigenvalue weighted by Crippen LogP contribution is 2.29. The number of fused-ring (bicyclic) bond motifs is 1. The third kappa shape index (κ3) is 5.51. The number of carbonyl (C=O) groups is 2. The second-order valence-corrected chi connectivity index (χ2v) is 9.47. The lowest BCUT2D eigenvalue weighted by Gasteiger charge is -2.22. The summed E-state index contributed by atoms with van der Waals surface area (Å²) in [6, 6.07) is 3.34. The smallest absolute Gasteiger partial charge is 0.407 e. The maximum Gasteiger partial charge on any atom is 0.407 e. The number of nitrogens with one attached hydrogen (secondary N) is 2. The molecule has 2 N–H and O–H groups in total. The van der Waals surface area contributed by atoms with Crippen LogP contribution in [0.15, 0.2) is 30.7 Å². The van der Waals surface area contributed by atoms with Crippen LogP contribution in [0.25, 0.3) is 11.0 Å². The lowest BCUT2D eigenvalue weighted by Crippen LogP contribution is -2.40. The van der Waals surface area contributed by atoms with E-state index in [2.05, 4.69) is 30.6 Å². The normalized spacial score (nSPS) is 15.9. The second-order valence-electron chi connectivity index (χ2n) is 9.08. The fraction of sp³-hybridized carbons (Fsp3) is 0.391. The molecule has 0 saturated carbocycles. The Labute approximate surface area is 202 Å². The number of carbonyl (C=O) groups excluding carboxylic acids is 2. The highest BCUT2D eigenvalue weighted by molar-refractivity contribution is 6.30. The minimum atomic E-state index is -0.544. The van der Waals surface area contributed by atoms with Crippen molar-refractivity contribution in [2.75, 3.05) is 23.3 Å². The van der Waals surface area contributed by atoms with Crippen LogP contribution in [0, 0.1) is 0 Å². The van der Waals surface area contributed by atoms with E-state index in [1.165, 1.54) is 13.1 Å². The minimum absolute atomic E-state index is 0.0478. The van der Waals surface area contributed by atoms with Crippen molar-refractivity contribution in [2.45, 2.75) is 45.8 Å². The van der Waals surface area contributed by atoms with Crippen molar-refractivity contribution in [2.24, 2.45) is 0 Å². The molecule has 10 nitrogen and oxygen atoms in total. The number of halogens is 1. The first kappa shape index (κ1) is 23.6. The summed E-state index contributed by atoms with van der Waals surface area (Å²) in [5, 5.41) is 6.39. The van der Waals surface area contributed by atoms with E-state index in [1.807, 2.05) is 25.7 Å². The molecule has 0 bridgehead atoms. The maximum absolute atomic E-state index is 12.2. The molecule has 4 rings (SSSR count). The molecule has 0 aromatic carbocycles. The first-order chi connectivity index (χ1) is 16.1. The van der Waals surface area contributed by atoms with Crippen LogP contribution in [-0.4, -0.2) is 56.5 Å². The van der Waals surface area contributed by atoms with Crippen LogP contribution in [0.2, 0.25) is 5.15 Å². The zero-order valence-corrected chi connectivity index (χ0v) is 20.2. The molecule has 34 heavy (non-hydrogen) atoms. The van der Waals surface area contributed by atoms with Crippen molar-refractivity contribution in [3.05, 3.63) is 41.4 Å². The summed E-state index contributed by atoms with van der Waals surface area (Å²) in [6.45, 7) is 8.24. The summed E-state index contributed by atoms with van der Waals surface area (Å²) >= 11 is 6.08. The van der Waals surface area contributed by atoms with Crippen LogP contribution in [0.3, 0.4) is 0 Å². The Balaban J connectivity index is 1.48. The van der Waals surface area contributed by atoms with E-state index in [0.29, 0.717) is 52.2 Å². The molecule has 0 spiro atoms. The predicted molar refractivity (Wildman–Crippen MR) is 130 cm³/mol. The molecular formula is C23H26ClN7O3. The van der Waals surface area contributed by atoms with Crippen LogP contribution in [0.5, 0.6) is 0 Å². The number of alkyl carbamates (subject to hydrolysis) is 1. The number of pyridine rings is 2. The van der Waals surface area contributed by atoms with Gasteiger partial charge >= 0.3 is 6.09 Å². The Kier molecular flexibility index (Phi) is 6.52. The second kappa shape index (κ2) is 9.38. The van der Waals surface area contributed by atoms with E-state index in [1.54, 1.807) is 24.5 Å². The van der Waals surface area contributed by atoms with Gasteiger partial charge in [0.25, 0.3) is 0 Å². The number of ketones is 1. The Morgan fingerprint density at radius 2 is 1.88 bits per heavy atom. The first-order valence-corrected chi connectivity index (χ1v) is 11.3. The molecule has 4 heterocycles. The van der Waals surface area contributed by atoms with Crippen molar-refractivity contribution in [3.63, 3.8) is 0 Å². The van der Waals surface area contributed by atoms with Gasteiger partial charge in [0.05, 0.1) is 40.9 Å². The summed E-state index contributed by atoms with van der Waals surface area (Å²) in [4.78, 5) is 43.8. The third-order valence-electron chi connectivity index (χ3n) is 5.16. The Morgan fingerprint density at radius 3 is 2.56 bits per heavy atom. The fourth-order valence-corrected chi connectivity index (χ4v) is 3.81. The number of hydrogen-bond donors (Lipinski definition) is 2. The highest BCUT2D eigenvalue weighted by Gasteiger charge is 2.27. The standard InChI is InChI=1S/C23H26ClN7O3/c1-13(32)16-11-25-17-5-6-18(24)30-20(17)19(16)28-15-9-26-21(27-10-15)31-8-7-14(12-31)29-22(33)34-23(2,3)4/h5-6,9-11,14H,7-8,12H2,1-4H3,(H,25,28)(H,29,33). The molecule has 1 saturated heterocycles. The van der Waals surface area contributed by atoms with Gasteiger partial charge in [-0.25, -0.2) is 19.7 Å². The van der Waals surface area contributed by atoms with E-state index in [9.17, 15) is 9.59 Å². The number of rotatable bonds is 5. The molecule has 1 atom stereocenters. The molecule has 3 aromatic rings. The molecule has 1 fully saturated rings. The number of ether oxygens (including phenoxy) is 1. The summed E-state index contributed by atoms with van der Waals surface area (Å²) in [5.74, 6) is 0.392. The summed E-state index contributed by atoms with van der Waals surface area (Å²) < 4.78 is 5.33. The van der Waals surface area contributed by atoms with Crippen molar-refractivity contribution in [3.8, 4) is 0 Å². The number of nitrogens with zero attached hydrogens (tertiary/aromatic N) is 5. The van der Waals surface area contributed by atoms with Gasteiger partial charge in [0, 0.05) is 19.3 Å². The van der Waals surface area contributed by atoms with Gasteiger partial charge in [-0.15, -0.1) is 0 Å². The van der Waals surface area contributed by atoms with E-state index < -0.39 is 11.7 Å². The average Bonchev–Trinajstić information content (AvgIpc) is 3.21. The molecule has 0 radical (unpaired) electrons. The monoisotopic (exact) mass is 483 g/mol. The summed E-state index contributed by atoms with van der Waals surface area (Å²) in [7, 11) is 0. The Bertz CT molecular complexity index is 1230. The highest BCUT2D eigenvalue weighted by atomic mass is 35.5. The number of anilines is 3. The molecule has 0 aliphatic carbocycles. The molecule has 1 aliphatic rings. The van der Waals surface area contributed by atoms with Crippen molar-refractivity contribution in [1.29, 1.82) is 0 Å². The summed E-state index contributed by atoms with van der Waals surface area (Å²) in [6.07, 6.45) is 5.12. The molecule has 1 amide bonds. The lowest BCUT2D eigenvalue weighted by atomic mass is 10.1. The molecule has 178 valence electrons. The van der Waals surface area contributed by atoms with Gasteiger partial charge in [-0.3, -0.25) is 9.78 Å². The number of hydrogen-bond acceptors (Lipinski definition) is 9. The molecule has 1 unspecified atom stereocenters. The lowest BCUT2D eigenvalue weighted by molar-refractivity contribution is 0.0508. The minimum Gasteiger partial charge on any atom is -0.444 e. The fourth-order valence-electron chi connectivity index (χ4n) is 3.66. The Morgan fingerprint density at radius 1 is 1.15 bits per heavy atom. The van der Waals surface area contributed by atoms with Gasteiger partial charge in [0.15, 0.2) is 5.78 Å². The largest absolute Gasteiger partial charge is 0.444 e. The molecule has 1 aliphatic heterocycles. The maximum atomic E-state index is 12.2. The first-order valence-electron chi connectivity index (χ1n) is 10.9. The van der Waals surface area contributed by atoms with Gasteiger partial charge in [-0.05, 0) is 46.2 Å². The van der Waals surface area contributed by atoms with E-state index >= 15 is 0 Å². The zero-order chi connectivity index (χ0) is 24.5. The third-order valence-corrected chi connectivity index (χ3v) is 5.37. The quantitative estimate of drug-likeness (QED) is 0.407.